The number of ether oxygens (including phenoxy) is 1. The number of aryl methyl sites for hydroxylation is 1. The third-order valence-corrected chi connectivity index (χ3v) is 3.97. The van der Waals surface area contributed by atoms with Crippen LogP contribution in [0.4, 0.5) is 11.4 Å². The monoisotopic (exact) mass is 346 g/mol. The summed E-state index contributed by atoms with van der Waals surface area (Å²) in [5, 5.41) is 6.02. The first kappa shape index (κ1) is 17.5. The summed E-state index contributed by atoms with van der Waals surface area (Å²) in [5.74, 6) is 0.677. The molecule has 0 spiro atoms. The van der Waals surface area contributed by atoms with Crippen LogP contribution in [-0.4, -0.2) is 12.5 Å². The van der Waals surface area contributed by atoms with Crippen molar-refractivity contribution < 1.29 is 9.53 Å². The Hall–Kier alpha value is -3.27. The van der Waals surface area contributed by atoms with Crippen LogP contribution in [0, 0.1) is 6.92 Å². The second-order valence-corrected chi connectivity index (χ2v) is 6.02. The van der Waals surface area contributed by atoms with E-state index in [1.165, 1.54) is 0 Å². The molecule has 0 aliphatic carbocycles. The lowest BCUT2D eigenvalue weighted by molar-refractivity contribution is -0.114. The molecule has 0 saturated heterocycles. The Balaban J connectivity index is 1.47. The largest absolute Gasteiger partial charge is 0.489 e. The summed E-state index contributed by atoms with van der Waals surface area (Å²) in [7, 11) is 0. The fraction of sp³-hybridized carbons (Fsp3) is 0.136. The maximum atomic E-state index is 12.1. The summed E-state index contributed by atoms with van der Waals surface area (Å²) in [6, 6.07) is 25.3. The Morgan fingerprint density at radius 3 is 2.31 bits per heavy atom. The van der Waals surface area contributed by atoms with E-state index in [4.69, 9.17) is 4.74 Å². The number of carbonyl (C=O) groups excluding carboxylic acids is 1. The molecule has 2 N–H and O–H groups in total. The van der Waals surface area contributed by atoms with Crippen LogP contribution in [0.3, 0.4) is 0 Å². The van der Waals surface area contributed by atoms with Gasteiger partial charge in [-0.15, -0.1) is 0 Å². The maximum Gasteiger partial charge on any atom is 0.243 e. The quantitative estimate of drug-likeness (QED) is 0.656. The van der Waals surface area contributed by atoms with Crippen molar-refractivity contribution in [3.8, 4) is 5.75 Å². The van der Waals surface area contributed by atoms with Gasteiger partial charge >= 0.3 is 0 Å². The molecular weight excluding hydrogens is 324 g/mol. The number of rotatable bonds is 7. The maximum absolute atomic E-state index is 12.1. The summed E-state index contributed by atoms with van der Waals surface area (Å²) in [4.78, 5) is 12.1. The van der Waals surface area contributed by atoms with Crippen molar-refractivity contribution in [1.82, 2.24) is 0 Å². The van der Waals surface area contributed by atoms with Crippen molar-refractivity contribution in [2.45, 2.75) is 13.5 Å². The van der Waals surface area contributed by atoms with Crippen LogP contribution < -0.4 is 15.4 Å². The van der Waals surface area contributed by atoms with Gasteiger partial charge in [0.15, 0.2) is 0 Å². The van der Waals surface area contributed by atoms with Gasteiger partial charge in [0.25, 0.3) is 0 Å². The lowest BCUT2D eigenvalue weighted by Gasteiger charge is -2.11. The minimum Gasteiger partial charge on any atom is -0.489 e. The van der Waals surface area contributed by atoms with Gasteiger partial charge in [-0.25, -0.2) is 0 Å². The highest BCUT2D eigenvalue weighted by atomic mass is 16.5. The molecule has 3 aromatic carbocycles. The lowest BCUT2D eigenvalue weighted by Crippen LogP contribution is -2.21. The minimum absolute atomic E-state index is 0.0915. The Morgan fingerprint density at radius 2 is 1.58 bits per heavy atom. The Morgan fingerprint density at radius 1 is 0.885 bits per heavy atom. The molecule has 0 heterocycles. The third-order valence-electron chi connectivity index (χ3n) is 3.97. The molecule has 0 atom stereocenters. The van der Waals surface area contributed by atoms with Crippen LogP contribution in [0.5, 0.6) is 5.75 Å². The average molecular weight is 346 g/mol. The van der Waals surface area contributed by atoms with E-state index in [0.717, 1.165) is 28.3 Å². The summed E-state index contributed by atoms with van der Waals surface area (Å²) < 4.78 is 5.75. The molecule has 4 heteroatoms. The molecule has 26 heavy (non-hydrogen) atoms. The van der Waals surface area contributed by atoms with Crippen LogP contribution in [0.15, 0.2) is 78.9 Å². The molecule has 0 radical (unpaired) electrons. The third kappa shape index (κ3) is 5.11. The van der Waals surface area contributed by atoms with E-state index in [2.05, 4.69) is 10.6 Å². The van der Waals surface area contributed by atoms with E-state index in [9.17, 15) is 4.79 Å². The number of hydrogen-bond donors (Lipinski definition) is 2. The van der Waals surface area contributed by atoms with Crippen LogP contribution in [0.1, 0.15) is 11.1 Å². The van der Waals surface area contributed by atoms with Crippen molar-refractivity contribution in [3.63, 3.8) is 0 Å². The summed E-state index contributed by atoms with van der Waals surface area (Å²) >= 11 is 0. The second-order valence-electron chi connectivity index (χ2n) is 6.02. The van der Waals surface area contributed by atoms with Crippen LogP contribution >= 0.6 is 0 Å². The Kier molecular flexibility index (Phi) is 5.88. The van der Waals surface area contributed by atoms with Gasteiger partial charge in [-0.3, -0.25) is 4.79 Å². The molecular formula is C22H22N2O2. The molecule has 0 unspecified atom stereocenters. The Bertz CT molecular complexity index is 846. The second kappa shape index (κ2) is 8.72. The molecule has 0 aliphatic heterocycles. The fourth-order valence-electron chi connectivity index (χ4n) is 2.53. The summed E-state index contributed by atoms with van der Waals surface area (Å²) in [6.07, 6.45) is 0. The zero-order valence-electron chi connectivity index (χ0n) is 14.7. The van der Waals surface area contributed by atoms with Gasteiger partial charge in [0, 0.05) is 11.4 Å². The Labute approximate surface area is 153 Å². The van der Waals surface area contributed by atoms with Crippen molar-refractivity contribution >= 4 is 17.3 Å². The van der Waals surface area contributed by atoms with Crippen LogP contribution in [0.25, 0.3) is 0 Å². The molecule has 3 rings (SSSR count). The SMILES string of the molecule is Cc1ccccc1NCC(=O)Nc1ccc(OCc2ccccc2)cc1. The number of para-hydroxylation sites is 1. The van der Waals surface area contributed by atoms with Gasteiger partial charge < -0.3 is 15.4 Å². The molecule has 0 bridgehead atoms. The first-order chi connectivity index (χ1) is 12.7. The normalized spacial score (nSPS) is 10.2. The minimum atomic E-state index is -0.0915. The lowest BCUT2D eigenvalue weighted by atomic mass is 10.2. The first-order valence-electron chi connectivity index (χ1n) is 8.57. The predicted octanol–water partition coefficient (Wildman–Crippen LogP) is 4.62. The highest BCUT2D eigenvalue weighted by Crippen LogP contribution is 2.17. The van der Waals surface area contributed by atoms with E-state index in [0.29, 0.717) is 6.61 Å². The van der Waals surface area contributed by atoms with Crippen molar-refractivity contribution in [3.05, 3.63) is 90.0 Å². The summed E-state index contributed by atoms with van der Waals surface area (Å²) in [6.45, 7) is 2.75. The predicted molar refractivity (Wildman–Crippen MR) is 106 cm³/mol. The van der Waals surface area contributed by atoms with Crippen molar-refractivity contribution in [2.24, 2.45) is 0 Å². The fourth-order valence-corrected chi connectivity index (χ4v) is 2.53. The molecule has 0 aromatic heterocycles. The smallest absolute Gasteiger partial charge is 0.243 e. The number of anilines is 2. The number of carbonyl (C=O) groups is 1. The molecule has 132 valence electrons. The van der Waals surface area contributed by atoms with Crippen LogP contribution in [0.2, 0.25) is 0 Å². The molecule has 1 amide bonds. The first-order valence-corrected chi connectivity index (χ1v) is 8.57. The van der Waals surface area contributed by atoms with E-state index >= 15 is 0 Å². The van der Waals surface area contributed by atoms with Gasteiger partial charge in [-0.1, -0.05) is 48.5 Å². The van der Waals surface area contributed by atoms with E-state index in [1.54, 1.807) is 0 Å². The van der Waals surface area contributed by atoms with E-state index in [1.807, 2.05) is 85.8 Å². The standard InChI is InChI=1S/C22H22N2O2/c1-17-7-5-6-10-21(17)23-15-22(25)24-19-11-13-20(14-12-19)26-16-18-8-3-2-4-9-18/h2-14,23H,15-16H2,1H3,(H,24,25). The van der Waals surface area contributed by atoms with E-state index in [-0.39, 0.29) is 12.5 Å². The van der Waals surface area contributed by atoms with Gasteiger partial charge in [0.2, 0.25) is 5.91 Å². The highest BCUT2D eigenvalue weighted by molar-refractivity contribution is 5.93. The molecule has 0 fully saturated rings. The van der Waals surface area contributed by atoms with Gasteiger partial charge in [-0.2, -0.15) is 0 Å². The average Bonchev–Trinajstić information content (AvgIpc) is 2.68. The molecule has 0 aliphatic rings. The van der Waals surface area contributed by atoms with Gasteiger partial charge in [0.05, 0.1) is 6.54 Å². The zero-order chi connectivity index (χ0) is 18.2. The molecule has 4 nitrogen and oxygen atoms in total. The topological polar surface area (TPSA) is 50.4 Å². The van der Waals surface area contributed by atoms with E-state index < -0.39 is 0 Å². The number of hydrogen-bond acceptors (Lipinski definition) is 3. The van der Waals surface area contributed by atoms with Gasteiger partial charge in [-0.05, 0) is 48.4 Å². The molecule has 3 aromatic rings. The highest BCUT2D eigenvalue weighted by Gasteiger charge is 2.04. The molecule has 0 saturated carbocycles. The number of amides is 1. The van der Waals surface area contributed by atoms with Crippen molar-refractivity contribution in [1.29, 1.82) is 0 Å². The number of nitrogens with one attached hydrogen (secondary N) is 2. The van der Waals surface area contributed by atoms with Gasteiger partial charge in [0.1, 0.15) is 12.4 Å². The number of benzene rings is 3. The summed E-state index contributed by atoms with van der Waals surface area (Å²) in [5.41, 5.74) is 3.94. The van der Waals surface area contributed by atoms with Crippen molar-refractivity contribution in [2.75, 3.05) is 17.2 Å². The van der Waals surface area contributed by atoms with Crippen LogP contribution in [-0.2, 0) is 11.4 Å². The zero-order valence-corrected chi connectivity index (χ0v) is 14.7.